The van der Waals surface area contributed by atoms with Gasteiger partial charge in [-0.05, 0) is 164 Å². The van der Waals surface area contributed by atoms with Crippen molar-refractivity contribution in [2.24, 2.45) is 0 Å². The van der Waals surface area contributed by atoms with E-state index in [1.807, 2.05) is 0 Å². The van der Waals surface area contributed by atoms with Crippen LogP contribution in [0.3, 0.4) is 0 Å². The predicted octanol–water partition coefficient (Wildman–Crippen LogP) is 21.4. The van der Waals surface area contributed by atoms with E-state index in [1.165, 1.54) is 122 Å². The fraction of sp³-hybridized carbons (Fsp3) is 0. The zero-order valence-electron chi connectivity index (χ0n) is 44.4. The van der Waals surface area contributed by atoms with Crippen molar-refractivity contribution in [3.05, 3.63) is 322 Å². The van der Waals surface area contributed by atoms with Crippen LogP contribution in [0.2, 0.25) is 0 Å². The highest BCUT2D eigenvalue weighted by Crippen LogP contribution is 2.41. The van der Waals surface area contributed by atoms with Gasteiger partial charge in [0, 0.05) is 50.0 Å². The Morgan fingerprint density at radius 2 is 0.407 bits per heavy atom. The Bertz CT molecular complexity index is 4470. The summed E-state index contributed by atoms with van der Waals surface area (Å²) in [5.41, 5.74) is 24.7. The number of rotatable bonds is 11. The molecule has 0 fully saturated rings. The third kappa shape index (κ3) is 8.75. The van der Waals surface area contributed by atoms with Gasteiger partial charge in [0.25, 0.3) is 0 Å². The molecule has 0 aliphatic rings. The highest BCUT2D eigenvalue weighted by Gasteiger charge is 2.18. The van der Waals surface area contributed by atoms with Crippen LogP contribution in [0.15, 0.2) is 322 Å². The van der Waals surface area contributed by atoms with Crippen molar-refractivity contribution in [1.29, 1.82) is 0 Å². The topological polar surface area (TPSA) is 13.1 Å². The fourth-order valence-electron chi connectivity index (χ4n) is 12.1. The van der Waals surface area contributed by atoms with Crippen molar-refractivity contribution in [3.8, 4) is 78.1 Å². The molecule has 3 nitrogen and oxygen atoms in total. The number of hydrogen-bond donors (Lipinski definition) is 0. The number of nitrogens with zero attached hydrogens (tertiary/aromatic N) is 3. The molecule has 2 aromatic heterocycles. The van der Waals surface area contributed by atoms with Crippen LogP contribution in [0.25, 0.3) is 122 Å². The second-order valence-corrected chi connectivity index (χ2v) is 20.9. The second kappa shape index (κ2) is 20.2. The minimum Gasteiger partial charge on any atom is -0.311 e. The molecule has 13 aromatic carbocycles. The van der Waals surface area contributed by atoms with Crippen LogP contribution in [-0.4, -0.2) is 9.13 Å². The highest BCUT2D eigenvalue weighted by atomic mass is 15.1. The van der Waals surface area contributed by atoms with Crippen LogP contribution in [-0.2, 0) is 0 Å². The Morgan fingerprint density at radius 1 is 0.173 bits per heavy atom. The molecule has 0 radical (unpaired) electrons. The summed E-state index contributed by atoms with van der Waals surface area (Å²) in [4.78, 5) is 2.36. The maximum atomic E-state index is 2.37. The lowest BCUT2D eigenvalue weighted by atomic mass is 9.98. The number of fused-ring (bicyclic) bond motifs is 6. The van der Waals surface area contributed by atoms with Crippen LogP contribution in [0.5, 0.6) is 0 Å². The maximum Gasteiger partial charge on any atom is 0.0541 e. The van der Waals surface area contributed by atoms with Crippen LogP contribution >= 0.6 is 0 Å². The van der Waals surface area contributed by atoms with Gasteiger partial charge in [-0.2, -0.15) is 0 Å². The van der Waals surface area contributed by atoms with E-state index >= 15 is 0 Å². The van der Waals surface area contributed by atoms with Gasteiger partial charge in [0.05, 0.1) is 22.1 Å². The quantitative estimate of drug-likeness (QED) is 0.126. The molecule has 0 amide bonds. The molecule has 0 unspecified atom stereocenters. The summed E-state index contributed by atoms with van der Waals surface area (Å²) in [7, 11) is 0. The number of anilines is 3. The summed E-state index contributed by atoms with van der Waals surface area (Å²) in [5, 5.41) is 5.01. The summed E-state index contributed by atoms with van der Waals surface area (Å²) in [6.45, 7) is 0. The van der Waals surface area contributed by atoms with E-state index in [1.54, 1.807) is 0 Å². The fourth-order valence-corrected chi connectivity index (χ4v) is 12.1. The molecule has 0 aliphatic heterocycles. The van der Waals surface area contributed by atoms with Gasteiger partial charge in [0.2, 0.25) is 0 Å². The van der Waals surface area contributed by atoms with Gasteiger partial charge in [0.15, 0.2) is 0 Å². The van der Waals surface area contributed by atoms with Crippen molar-refractivity contribution in [2.75, 3.05) is 4.90 Å². The average Bonchev–Trinajstić information content (AvgIpc) is 4.31. The van der Waals surface area contributed by atoms with E-state index in [0.29, 0.717) is 0 Å². The summed E-state index contributed by atoms with van der Waals surface area (Å²) in [6, 6.07) is 117. The average molecular weight is 1030 g/mol. The Hall–Kier alpha value is -10.7. The number of benzene rings is 13. The molecule has 380 valence electrons. The summed E-state index contributed by atoms with van der Waals surface area (Å²) in [5.74, 6) is 0. The molecule has 0 spiro atoms. The van der Waals surface area contributed by atoms with Crippen molar-refractivity contribution < 1.29 is 0 Å². The SMILES string of the molecule is c1ccc(-c2ccc(-c3ccc(N(c4ccc(-c5ccc(-c6ccc7c(c6)c6ccccc6n7-c6ccccc6)cc5)cc4)c4ccc(-c5ccc(-c6ccc7c(c6)c6ccccc6n7-c6ccccc6)cc5)cc4)cc3)cc2)cc1. The van der Waals surface area contributed by atoms with Crippen molar-refractivity contribution >= 4 is 60.7 Å². The Kier molecular flexibility index (Phi) is 11.9. The molecule has 2 heterocycles. The molecule has 0 atom stereocenters. The second-order valence-electron chi connectivity index (χ2n) is 20.9. The van der Waals surface area contributed by atoms with Gasteiger partial charge in [-0.25, -0.2) is 0 Å². The largest absolute Gasteiger partial charge is 0.311 e. The Balaban J connectivity index is 0.723. The number of para-hydroxylation sites is 4. The molecular weight excluding hydrogens is 979 g/mol. The zero-order chi connectivity index (χ0) is 53.6. The number of hydrogen-bond acceptors (Lipinski definition) is 1. The molecule has 15 aromatic rings. The molecule has 0 N–H and O–H groups in total. The molecule has 3 heteroatoms. The molecule has 0 saturated carbocycles. The van der Waals surface area contributed by atoms with Crippen LogP contribution in [0.1, 0.15) is 0 Å². The van der Waals surface area contributed by atoms with Crippen LogP contribution in [0.4, 0.5) is 17.1 Å². The van der Waals surface area contributed by atoms with Crippen LogP contribution < -0.4 is 4.90 Å². The number of aromatic nitrogens is 2. The van der Waals surface area contributed by atoms with Gasteiger partial charge in [-0.3, -0.25) is 0 Å². The summed E-state index contributed by atoms with van der Waals surface area (Å²) in [6.07, 6.45) is 0. The minimum atomic E-state index is 1.08. The molecule has 0 bridgehead atoms. The summed E-state index contributed by atoms with van der Waals surface area (Å²) < 4.78 is 4.74. The third-order valence-electron chi connectivity index (χ3n) is 16.2. The van der Waals surface area contributed by atoms with Gasteiger partial charge in [-0.1, -0.05) is 224 Å². The monoisotopic (exact) mass is 1030 g/mol. The molecule has 81 heavy (non-hydrogen) atoms. The van der Waals surface area contributed by atoms with Crippen molar-refractivity contribution in [1.82, 2.24) is 9.13 Å². The molecule has 0 saturated heterocycles. The smallest absolute Gasteiger partial charge is 0.0541 e. The first-order valence-electron chi connectivity index (χ1n) is 27.8. The van der Waals surface area contributed by atoms with Gasteiger partial charge >= 0.3 is 0 Å². The van der Waals surface area contributed by atoms with Gasteiger partial charge < -0.3 is 14.0 Å². The summed E-state index contributed by atoms with van der Waals surface area (Å²) >= 11 is 0. The van der Waals surface area contributed by atoms with E-state index in [-0.39, 0.29) is 0 Å². The van der Waals surface area contributed by atoms with Gasteiger partial charge in [0.1, 0.15) is 0 Å². The van der Waals surface area contributed by atoms with E-state index in [2.05, 4.69) is 336 Å². The van der Waals surface area contributed by atoms with Gasteiger partial charge in [-0.15, -0.1) is 0 Å². The Morgan fingerprint density at radius 3 is 0.741 bits per heavy atom. The van der Waals surface area contributed by atoms with E-state index in [4.69, 9.17) is 0 Å². The van der Waals surface area contributed by atoms with E-state index in [0.717, 1.165) is 17.1 Å². The lowest BCUT2D eigenvalue weighted by Crippen LogP contribution is -2.09. The van der Waals surface area contributed by atoms with Crippen molar-refractivity contribution in [3.63, 3.8) is 0 Å². The lowest BCUT2D eigenvalue weighted by Gasteiger charge is -2.26. The standard InChI is InChI=1S/C78H53N3/c1-4-14-54(15-5-1)55-24-26-56(27-25-55)59-36-44-68(45-37-59)79(69-46-38-60(39-47-69)57-28-32-62(33-29-57)64-42-50-77-73(52-64)71-20-10-12-22-75(71)80(77)66-16-6-2-7-17-66)70-48-40-61(41-49-70)58-30-34-63(35-31-58)65-43-51-78-74(53-65)72-21-11-13-23-76(72)81(78)67-18-8-3-9-19-67/h1-53H. The van der Waals surface area contributed by atoms with Crippen LogP contribution in [0, 0.1) is 0 Å². The third-order valence-corrected chi connectivity index (χ3v) is 16.2. The van der Waals surface area contributed by atoms with E-state index < -0.39 is 0 Å². The zero-order valence-corrected chi connectivity index (χ0v) is 44.4. The minimum absolute atomic E-state index is 1.08. The first-order valence-corrected chi connectivity index (χ1v) is 27.8. The van der Waals surface area contributed by atoms with E-state index in [9.17, 15) is 0 Å². The maximum absolute atomic E-state index is 2.37. The molecular formula is C78H53N3. The lowest BCUT2D eigenvalue weighted by molar-refractivity contribution is 1.18. The molecule has 15 rings (SSSR count). The highest BCUT2D eigenvalue weighted by molar-refractivity contribution is 6.11. The predicted molar refractivity (Wildman–Crippen MR) is 342 cm³/mol. The first kappa shape index (κ1) is 47.5. The Labute approximate surface area is 471 Å². The van der Waals surface area contributed by atoms with Crippen molar-refractivity contribution in [2.45, 2.75) is 0 Å². The molecule has 0 aliphatic carbocycles. The first-order chi connectivity index (χ1) is 40.1. The normalized spacial score (nSPS) is 11.5.